The van der Waals surface area contributed by atoms with Crippen LogP contribution in [0.1, 0.15) is 206 Å². The summed E-state index contributed by atoms with van der Waals surface area (Å²) in [4.78, 5) is 35.7. The summed E-state index contributed by atoms with van der Waals surface area (Å²) in [5.74, 6) is -0.830. The van der Waals surface area contributed by atoms with E-state index < -0.39 is 26.5 Å². The molecule has 0 radical (unpaired) electrons. The second kappa shape index (κ2) is 54.0. The smallest absolute Gasteiger partial charge is 0.462 e. The van der Waals surface area contributed by atoms with Gasteiger partial charge in [-0.15, -0.1) is 0 Å². The summed E-state index contributed by atoms with van der Waals surface area (Å²) in [6.07, 6.45) is 77.9. The number of unbranched alkanes of at least 4 members (excludes halogenated alkanes) is 15. The van der Waals surface area contributed by atoms with E-state index in [-0.39, 0.29) is 32.0 Å². The number of hydrogen-bond acceptors (Lipinski definition) is 7. The molecule has 0 aliphatic carbocycles. The van der Waals surface area contributed by atoms with Crippen LogP contribution < -0.4 is 0 Å². The van der Waals surface area contributed by atoms with Crippen LogP contribution in [-0.4, -0.2) is 74.9 Å². The molecule has 1 N–H and O–H groups in total. The van der Waals surface area contributed by atoms with Crippen molar-refractivity contribution in [3.63, 3.8) is 0 Å². The highest BCUT2D eigenvalue weighted by Crippen LogP contribution is 2.43. The fraction of sp³-hybridized carbons (Fsp3) is 0.625. The second-order valence-corrected chi connectivity index (χ2v) is 21.4. The molecule has 9 nitrogen and oxygen atoms in total. The van der Waals surface area contributed by atoms with Gasteiger partial charge in [-0.25, -0.2) is 4.57 Å². The summed E-state index contributed by atoms with van der Waals surface area (Å²) in [6, 6.07) is 0. The summed E-state index contributed by atoms with van der Waals surface area (Å²) in [5.41, 5.74) is 0. The van der Waals surface area contributed by atoms with Gasteiger partial charge in [0.05, 0.1) is 27.7 Å². The third-order valence-electron chi connectivity index (χ3n) is 11.7. The van der Waals surface area contributed by atoms with Gasteiger partial charge in [-0.05, 0) is 109 Å². The van der Waals surface area contributed by atoms with Gasteiger partial charge in [0.25, 0.3) is 0 Å². The van der Waals surface area contributed by atoms with Crippen molar-refractivity contribution in [2.75, 3.05) is 47.5 Å². The van der Waals surface area contributed by atoms with Gasteiger partial charge in [-0.1, -0.05) is 218 Å². The highest BCUT2D eigenvalue weighted by Gasteiger charge is 2.27. The molecule has 0 amide bonds. The minimum Gasteiger partial charge on any atom is -0.462 e. The minimum atomic E-state index is -4.40. The molecule has 2 atom stereocenters. The predicted molar refractivity (Wildman–Crippen MR) is 316 cm³/mol. The summed E-state index contributed by atoms with van der Waals surface area (Å²) in [7, 11) is 1.44. The number of allylic oxidation sites excluding steroid dienone is 22. The molecular weight excluding hydrogens is 942 g/mol. The van der Waals surface area contributed by atoms with E-state index in [9.17, 15) is 19.0 Å². The van der Waals surface area contributed by atoms with Crippen LogP contribution in [0.3, 0.4) is 0 Å². The van der Waals surface area contributed by atoms with Gasteiger partial charge in [-0.3, -0.25) is 18.6 Å². The number of likely N-dealkylation sites (N-methyl/N-ethyl adjacent to an activating group) is 1. The van der Waals surface area contributed by atoms with Crippen LogP contribution in [0.5, 0.6) is 0 Å². The highest BCUT2D eigenvalue weighted by atomic mass is 31.2. The van der Waals surface area contributed by atoms with Crippen LogP contribution in [-0.2, 0) is 32.7 Å². The molecule has 0 aliphatic heterocycles. The second-order valence-electron chi connectivity index (χ2n) is 19.9. The van der Waals surface area contributed by atoms with Crippen molar-refractivity contribution in [3.05, 3.63) is 134 Å². The van der Waals surface area contributed by atoms with Crippen LogP contribution in [0, 0.1) is 0 Å². The summed E-state index contributed by atoms with van der Waals surface area (Å²) in [6.45, 7) is 4.16. The third-order valence-corrected chi connectivity index (χ3v) is 12.7. The number of carbonyl (C=O) groups is 2. The lowest BCUT2D eigenvalue weighted by Crippen LogP contribution is -2.37. The van der Waals surface area contributed by atoms with Crippen molar-refractivity contribution in [3.8, 4) is 0 Å². The first-order chi connectivity index (χ1) is 36.0. The average Bonchev–Trinajstić information content (AvgIpc) is 3.36. The third kappa shape index (κ3) is 57.4. The number of quaternary nitrogens is 1. The lowest BCUT2D eigenvalue weighted by atomic mass is 10.1. The van der Waals surface area contributed by atoms with Crippen LogP contribution in [0.15, 0.2) is 134 Å². The Bertz CT molecular complexity index is 1710. The fourth-order valence-electron chi connectivity index (χ4n) is 7.28. The number of rotatable bonds is 51. The van der Waals surface area contributed by atoms with Crippen molar-refractivity contribution in [2.45, 2.75) is 213 Å². The van der Waals surface area contributed by atoms with Gasteiger partial charge in [-0.2, -0.15) is 0 Å². The first-order valence-corrected chi connectivity index (χ1v) is 30.4. The van der Waals surface area contributed by atoms with Gasteiger partial charge in [0, 0.05) is 12.8 Å². The van der Waals surface area contributed by atoms with Gasteiger partial charge >= 0.3 is 19.8 Å². The molecule has 0 heterocycles. The predicted octanol–water partition coefficient (Wildman–Crippen LogP) is 18.1. The number of carbonyl (C=O) groups excluding carboxylic acids is 2. The molecule has 2 unspecified atom stereocenters. The van der Waals surface area contributed by atoms with Crippen LogP contribution in [0.4, 0.5) is 0 Å². The molecule has 10 heteroatoms. The Balaban J connectivity index is 4.26. The van der Waals surface area contributed by atoms with Crippen molar-refractivity contribution < 1.29 is 42.1 Å². The van der Waals surface area contributed by atoms with E-state index in [4.69, 9.17) is 18.5 Å². The fourth-order valence-corrected chi connectivity index (χ4v) is 8.02. The topological polar surface area (TPSA) is 108 Å². The molecule has 0 saturated heterocycles. The van der Waals surface area contributed by atoms with Gasteiger partial charge in [0.2, 0.25) is 0 Å². The standard InChI is InChI=1S/C64H106NO8P/c1-6-8-10-12-14-16-18-20-22-24-26-28-30-31-32-33-35-37-39-41-43-45-47-49-51-53-55-57-64(67)73-62(61-72-74(68,69)71-59-58-65(3,4)5)60-70-63(66)56-54-52-50-48-46-44-42-40-38-36-34-29-27-25-23-21-19-17-15-13-11-9-7-2/h8-11,14-17,20-23,26-29,31-32,35-38,62H,6-7,12-13,18-19,24-25,30,33-34,39-61H2,1-5H3/p+1/b10-8-,11-9-,16-14-,17-15-,22-20-,23-21-,28-26-,29-27-,32-31-,37-35-,38-36-. The lowest BCUT2D eigenvalue weighted by Gasteiger charge is -2.24. The highest BCUT2D eigenvalue weighted by molar-refractivity contribution is 7.47. The van der Waals surface area contributed by atoms with Crippen molar-refractivity contribution in [1.29, 1.82) is 0 Å². The number of phosphoric ester groups is 1. The van der Waals surface area contributed by atoms with E-state index in [0.717, 1.165) is 128 Å². The zero-order valence-corrected chi connectivity index (χ0v) is 48.4. The maximum absolute atomic E-state index is 12.8. The monoisotopic (exact) mass is 1050 g/mol. The molecule has 420 valence electrons. The largest absolute Gasteiger partial charge is 0.472 e. The van der Waals surface area contributed by atoms with Gasteiger partial charge in [0.15, 0.2) is 6.10 Å². The molecule has 0 saturated carbocycles. The molecule has 0 aromatic heterocycles. The SMILES string of the molecule is CC/C=C\C/C=C\C/C=C\C/C=C\C/C=C\C/C=C\CCCCCCCCCCC(=O)OC(COC(=O)CCCCCCCCC/C=C\C/C=C\C/C=C\C/C=C\C/C=C\CC)COP(=O)(O)OCC[N+](C)(C)C. The van der Waals surface area contributed by atoms with Crippen molar-refractivity contribution >= 4 is 19.8 Å². The van der Waals surface area contributed by atoms with Gasteiger partial charge < -0.3 is 18.9 Å². The van der Waals surface area contributed by atoms with Crippen molar-refractivity contribution in [2.24, 2.45) is 0 Å². The van der Waals surface area contributed by atoms with E-state index in [1.54, 1.807) is 0 Å². The van der Waals surface area contributed by atoms with Crippen LogP contribution in [0.2, 0.25) is 0 Å². The number of hydrogen-bond donors (Lipinski definition) is 1. The quantitative estimate of drug-likeness (QED) is 0.0211. The molecule has 0 rings (SSSR count). The molecule has 0 spiro atoms. The first-order valence-electron chi connectivity index (χ1n) is 28.9. The van der Waals surface area contributed by atoms with E-state index in [1.165, 1.54) is 44.9 Å². The molecule has 0 fully saturated rings. The number of esters is 2. The molecule has 74 heavy (non-hydrogen) atoms. The zero-order valence-electron chi connectivity index (χ0n) is 47.5. The average molecular weight is 1050 g/mol. The van der Waals surface area contributed by atoms with Gasteiger partial charge in [0.1, 0.15) is 19.8 Å². The Kier molecular flexibility index (Phi) is 51.2. The Hall–Kier alpha value is -3.85. The normalized spacial score (nSPS) is 14.3. The maximum atomic E-state index is 12.8. The number of phosphoric acid groups is 1. The summed E-state index contributed by atoms with van der Waals surface area (Å²) < 4.78 is 34.6. The van der Waals surface area contributed by atoms with Crippen LogP contribution >= 0.6 is 7.82 Å². The molecule has 0 aliphatic rings. The van der Waals surface area contributed by atoms with Crippen molar-refractivity contribution in [1.82, 2.24) is 0 Å². The van der Waals surface area contributed by atoms with Crippen LogP contribution in [0.25, 0.3) is 0 Å². The molecule has 0 aromatic carbocycles. The number of nitrogens with zero attached hydrogens (tertiary/aromatic N) is 1. The zero-order chi connectivity index (χ0) is 54.2. The minimum absolute atomic E-state index is 0.0200. The first kappa shape index (κ1) is 70.1. The molecule has 0 bridgehead atoms. The summed E-state index contributed by atoms with van der Waals surface area (Å²) >= 11 is 0. The van der Waals surface area contributed by atoms with E-state index in [2.05, 4.69) is 148 Å². The molecule has 0 aromatic rings. The van der Waals surface area contributed by atoms with E-state index >= 15 is 0 Å². The number of ether oxygens (including phenoxy) is 2. The summed E-state index contributed by atoms with van der Waals surface area (Å²) in [5, 5.41) is 0. The molecular formula is C64H107NO8P+. The maximum Gasteiger partial charge on any atom is 0.472 e. The Morgan fingerprint density at radius 2 is 0.730 bits per heavy atom. The Labute approximate surface area is 453 Å². The Morgan fingerprint density at radius 3 is 1.08 bits per heavy atom. The van der Waals surface area contributed by atoms with E-state index in [1.807, 2.05) is 21.1 Å². The van der Waals surface area contributed by atoms with E-state index in [0.29, 0.717) is 17.4 Å². The Morgan fingerprint density at radius 1 is 0.419 bits per heavy atom. The lowest BCUT2D eigenvalue weighted by molar-refractivity contribution is -0.870.